The number of hydrogen-bond acceptors (Lipinski definition) is 7. The van der Waals surface area contributed by atoms with Crippen molar-refractivity contribution in [2.75, 3.05) is 6.61 Å². The van der Waals surface area contributed by atoms with Crippen LogP contribution in [-0.4, -0.2) is 53.5 Å². The van der Waals surface area contributed by atoms with Gasteiger partial charge in [-0.3, -0.25) is 9.98 Å². The summed E-state index contributed by atoms with van der Waals surface area (Å²) < 4.78 is 7.64. The summed E-state index contributed by atoms with van der Waals surface area (Å²) in [4.78, 5) is 8.00. The van der Waals surface area contributed by atoms with Crippen molar-refractivity contribution in [3.05, 3.63) is 18.1 Å². The fourth-order valence-corrected chi connectivity index (χ4v) is 2.19. The lowest BCUT2D eigenvalue weighted by molar-refractivity contribution is -0.0432. The van der Waals surface area contributed by atoms with E-state index in [2.05, 4.69) is 9.97 Å². The van der Waals surface area contributed by atoms with Crippen LogP contribution in [0.15, 0.2) is 12.7 Å². The van der Waals surface area contributed by atoms with Crippen LogP contribution in [0.4, 0.5) is 0 Å². The minimum Gasteiger partial charge on any atom is -0.425 e. The highest BCUT2D eigenvalue weighted by atomic mass is 16.5. The summed E-state index contributed by atoms with van der Waals surface area (Å²) in [6.45, 7) is -0.266. The first kappa shape index (κ1) is 12.1. The average molecular weight is 270 g/mol. The van der Waals surface area contributed by atoms with Gasteiger partial charge >= 0.3 is 0 Å². The highest BCUT2D eigenvalue weighted by Gasteiger charge is 2.35. The van der Waals surface area contributed by atoms with E-state index in [1.165, 1.54) is 6.33 Å². The Bertz CT molecular complexity index is 665. The minimum atomic E-state index is -0.755. The predicted octanol–water partition coefficient (Wildman–Crippen LogP) is -1.41. The molecule has 0 bridgehead atoms. The summed E-state index contributed by atoms with van der Waals surface area (Å²) in [6, 6.07) is 0. The van der Waals surface area contributed by atoms with E-state index in [9.17, 15) is 10.3 Å². The van der Waals surface area contributed by atoms with E-state index >= 15 is 0 Å². The van der Waals surface area contributed by atoms with E-state index in [-0.39, 0.29) is 17.6 Å². The van der Waals surface area contributed by atoms with E-state index in [1.54, 1.807) is 4.57 Å². The molecule has 0 amide bonds. The number of nitrogens with one attached hydrogen (secondary N) is 1. The van der Waals surface area contributed by atoms with Gasteiger partial charge in [0.15, 0.2) is 16.7 Å². The van der Waals surface area contributed by atoms with E-state index in [4.69, 9.17) is 15.3 Å². The van der Waals surface area contributed by atoms with E-state index in [0.29, 0.717) is 16.8 Å². The van der Waals surface area contributed by atoms with Gasteiger partial charge in [0.2, 0.25) is 0 Å². The quantitative estimate of drug-likeness (QED) is 0.392. The maximum Gasteiger partial charge on any atom is 0.192 e. The van der Waals surface area contributed by atoms with Gasteiger partial charge in [0, 0.05) is 6.42 Å². The molecule has 0 radical (unpaired) electrons. The summed E-state index contributed by atoms with van der Waals surface area (Å²) in [5, 5.41) is 35.7. The molecule has 2 aromatic heterocycles. The molecule has 0 spiro atoms. The molecule has 1 fully saturated rings. The first-order chi connectivity index (χ1) is 9.11. The van der Waals surface area contributed by atoms with Crippen molar-refractivity contribution < 1.29 is 20.2 Å². The molecule has 1 aliphatic rings. The number of aromatic nitrogens is 4. The Balaban J connectivity index is 2.03. The lowest BCUT2D eigenvalue weighted by Crippen LogP contribution is -2.24. The zero-order valence-electron chi connectivity index (χ0n) is 9.84. The molecule has 1 saturated heterocycles. The van der Waals surface area contributed by atoms with Gasteiger partial charge in [-0.1, -0.05) is 0 Å². The summed E-state index contributed by atoms with van der Waals surface area (Å²) in [7, 11) is 0. The molecule has 3 rings (SSSR count). The summed E-state index contributed by atoms with van der Waals surface area (Å²) in [5.74, 6) is 0. The first-order valence-corrected chi connectivity index (χ1v) is 5.74. The number of rotatable bonds is 2. The van der Waals surface area contributed by atoms with Crippen LogP contribution in [0, 0.1) is 5.41 Å². The lowest BCUT2D eigenvalue weighted by atomic mass is 10.2. The molecule has 9 heteroatoms. The smallest absolute Gasteiger partial charge is 0.192 e. The van der Waals surface area contributed by atoms with Crippen LogP contribution in [0.5, 0.6) is 0 Å². The first-order valence-electron chi connectivity index (χ1n) is 5.74. The number of aliphatic hydroxyl groups excluding tert-OH is 2. The highest BCUT2D eigenvalue weighted by Crippen LogP contribution is 2.29. The Morgan fingerprint density at radius 1 is 1.42 bits per heavy atom. The fraction of sp³-hybridized carbons (Fsp3) is 0.500. The lowest BCUT2D eigenvalue weighted by Gasteiger charge is -2.13. The SMILES string of the molecule is [15NH]=c1c2[15n][13cH]n([C@H]3C[C@H](O)[C@@H](CO)O3)c2ncn1O. The van der Waals surface area contributed by atoms with Crippen molar-refractivity contribution in [1.82, 2.24) is 19.3 Å². The molecule has 19 heavy (non-hydrogen) atoms. The van der Waals surface area contributed by atoms with E-state index < -0.39 is 18.4 Å². The highest BCUT2D eigenvalue weighted by molar-refractivity contribution is 5.68. The Hall–Kier alpha value is -1.97. The molecule has 2 aromatic rings. The van der Waals surface area contributed by atoms with Crippen molar-refractivity contribution >= 4 is 11.2 Å². The van der Waals surface area contributed by atoms with Gasteiger partial charge in [0.05, 0.1) is 19.0 Å². The molecule has 3 heterocycles. The number of fused-ring (bicyclic) bond motifs is 1. The molecule has 0 saturated carbocycles. The number of nitrogens with zero attached hydrogens (tertiary/aromatic N) is 4. The number of hydrogen-bond donors (Lipinski definition) is 4. The second kappa shape index (κ2) is 4.30. The molecule has 102 valence electrons. The Labute approximate surface area is 106 Å². The van der Waals surface area contributed by atoms with E-state index in [1.807, 2.05) is 0 Å². The Morgan fingerprint density at radius 2 is 2.21 bits per heavy atom. The molecular formula is C10H13N5O4. The molecule has 3 atom stereocenters. The second-order valence-electron chi connectivity index (χ2n) is 4.38. The monoisotopic (exact) mass is 270 g/mol. The largest absolute Gasteiger partial charge is 0.425 e. The number of imidazole rings is 1. The molecule has 4 N–H and O–H groups in total. The van der Waals surface area contributed by atoms with Crippen LogP contribution in [0.1, 0.15) is 12.6 Å². The summed E-state index contributed by atoms with van der Waals surface area (Å²) in [6.07, 6.45) is 0.946. The Kier molecular flexibility index (Phi) is 2.73. The summed E-state index contributed by atoms with van der Waals surface area (Å²) >= 11 is 0. The predicted molar refractivity (Wildman–Crippen MR) is 60.2 cm³/mol. The van der Waals surface area contributed by atoms with E-state index in [0.717, 1.165) is 6.33 Å². The van der Waals surface area contributed by atoms with Crippen LogP contribution >= 0.6 is 0 Å². The molecule has 0 aromatic carbocycles. The molecular weight excluding hydrogens is 257 g/mol. The standard InChI is InChI=1S/C10H13N5O4/c11-9-8-10(13-4-15(9)18)14(3-12-8)7-1-5(17)6(2-16)19-7/h3-7,11,16-18H,1-2H2/t5-,6+,7+/m0/s1/i3+1,11+1,12+1. The average Bonchev–Trinajstić information content (AvgIpc) is 2.97. The molecule has 0 aliphatic carbocycles. The van der Waals surface area contributed by atoms with Gasteiger partial charge in [0.25, 0.3) is 0 Å². The number of aliphatic hydroxyl groups is 2. The zero-order chi connectivity index (χ0) is 13.6. The zero-order valence-corrected chi connectivity index (χ0v) is 9.84. The minimum absolute atomic E-state index is 0.180. The molecule has 1 aliphatic heterocycles. The third-order valence-electron chi connectivity index (χ3n) is 3.20. The van der Waals surface area contributed by atoms with Crippen LogP contribution in [0.3, 0.4) is 0 Å². The second-order valence-corrected chi connectivity index (χ2v) is 4.38. The third kappa shape index (κ3) is 1.79. The van der Waals surface area contributed by atoms with Crippen molar-refractivity contribution in [2.45, 2.75) is 24.9 Å². The van der Waals surface area contributed by atoms with Gasteiger partial charge in [0.1, 0.15) is 18.7 Å². The van der Waals surface area contributed by atoms with Crippen LogP contribution in [-0.2, 0) is 4.74 Å². The third-order valence-corrected chi connectivity index (χ3v) is 3.20. The van der Waals surface area contributed by atoms with Crippen molar-refractivity contribution in [2.24, 2.45) is 0 Å². The fourth-order valence-electron chi connectivity index (χ4n) is 2.19. The maximum absolute atomic E-state index is 9.71. The number of ether oxygens (including phenoxy) is 1. The van der Waals surface area contributed by atoms with Crippen molar-refractivity contribution in [3.63, 3.8) is 0 Å². The van der Waals surface area contributed by atoms with Crippen LogP contribution in [0.2, 0.25) is 0 Å². The summed E-state index contributed by atoms with van der Waals surface area (Å²) in [5.41, 5.74) is 0.433. The van der Waals surface area contributed by atoms with Crippen LogP contribution in [0.25, 0.3) is 11.2 Å². The molecule has 9 nitrogen and oxygen atoms in total. The van der Waals surface area contributed by atoms with Crippen LogP contribution < -0.4 is 5.49 Å². The maximum atomic E-state index is 9.71. The molecule has 0 unspecified atom stereocenters. The van der Waals surface area contributed by atoms with Crippen molar-refractivity contribution in [1.29, 1.82) is 5.41 Å². The Morgan fingerprint density at radius 3 is 2.89 bits per heavy atom. The normalized spacial score (nSPS) is 27.2. The van der Waals surface area contributed by atoms with Gasteiger partial charge in [-0.25, -0.2) is 9.97 Å². The van der Waals surface area contributed by atoms with Gasteiger partial charge in [-0.05, 0) is 0 Å². The van der Waals surface area contributed by atoms with Gasteiger partial charge in [-0.2, -0.15) is 4.73 Å². The van der Waals surface area contributed by atoms with Crippen molar-refractivity contribution in [3.8, 4) is 0 Å². The topological polar surface area (TPSA) is 129 Å². The van der Waals surface area contributed by atoms with Gasteiger partial charge < -0.3 is 20.2 Å². The van der Waals surface area contributed by atoms with Gasteiger partial charge in [-0.15, -0.1) is 0 Å².